The van der Waals surface area contributed by atoms with Crippen LogP contribution < -0.4 is 5.32 Å². The standard InChI is InChI=1S/C16H28N2O2S/c1-4-12-18(6-3)13-11-17-15-7-9-16(10-8-15)21(19,20)14-5-2/h7-10,17H,4-6,11-14H2,1-3H3. The lowest BCUT2D eigenvalue weighted by Crippen LogP contribution is -2.29. The van der Waals surface area contributed by atoms with Crippen LogP contribution in [0, 0.1) is 0 Å². The maximum absolute atomic E-state index is 11.9. The van der Waals surface area contributed by atoms with E-state index in [2.05, 4.69) is 24.1 Å². The van der Waals surface area contributed by atoms with Gasteiger partial charge in [-0.3, -0.25) is 0 Å². The fourth-order valence-electron chi connectivity index (χ4n) is 2.27. The highest BCUT2D eigenvalue weighted by Crippen LogP contribution is 2.15. The van der Waals surface area contributed by atoms with Crippen molar-refractivity contribution in [3.63, 3.8) is 0 Å². The van der Waals surface area contributed by atoms with E-state index in [0.29, 0.717) is 11.3 Å². The number of benzene rings is 1. The normalized spacial score (nSPS) is 11.8. The van der Waals surface area contributed by atoms with Crippen LogP contribution in [0.5, 0.6) is 0 Å². The van der Waals surface area contributed by atoms with Gasteiger partial charge >= 0.3 is 0 Å². The second kappa shape index (κ2) is 9.05. The topological polar surface area (TPSA) is 49.4 Å². The van der Waals surface area contributed by atoms with Gasteiger partial charge in [-0.25, -0.2) is 8.42 Å². The fraction of sp³-hybridized carbons (Fsp3) is 0.625. The zero-order chi connectivity index (χ0) is 15.7. The summed E-state index contributed by atoms with van der Waals surface area (Å²) >= 11 is 0. The molecule has 1 aromatic rings. The first-order valence-electron chi connectivity index (χ1n) is 7.82. The number of hydrogen-bond donors (Lipinski definition) is 1. The van der Waals surface area contributed by atoms with Crippen molar-refractivity contribution < 1.29 is 8.42 Å². The molecule has 1 rings (SSSR count). The first-order chi connectivity index (χ1) is 10.0. The van der Waals surface area contributed by atoms with Crippen molar-refractivity contribution in [1.82, 2.24) is 4.90 Å². The van der Waals surface area contributed by atoms with Crippen LogP contribution in [0.25, 0.3) is 0 Å². The number of nitrogens with zero attached hydrogens (tertiary/aromatic N) is 1. The molecule has 0 unspecified atom stereocenters. The van der Waals surface area contributed by atoms with Gasteiger partial charge in [-0.2, -0.15) is 0 Å². The average Bonchev–Trinajstić information content (AvgIpc) is 2.47. The molecule has 0 fully saturated rings. The third kappa shape index (κ3) is 6.06. The summed E-state index contributed by atoms with van der Waals surface area (Å²) in [6.45, 7) is 10.3. The highest BCUT2D eigenvalue weighted by Gasteiger charge is 2.12. The Morgan fingerprint density at radius 3 is 2.19 bits per heavy atom. The molecule has 120 valence electrons. The van der Waals surface area contributed by atoms with E-state index in [9.17, 15) is 8.42 Å². The van der Waals surface area contributed by atoms with E-state index < -0.39 is 9.84 Å². The molecule has 1 aromatic carbocycles. The first kappa shape index (κ1) is 18.0. The molecule has 0 aliphatic rings. The summed E-state index contributed by atoms with van der Waals surface area (Å²) in [5.41, 5.74) is 0.970. The smallest absolute Gasteiger partial charge is 0.178 e. The molecule has 5 heteroatoms. The van der Waals surface area contributed by atoms with E-state index >= 15 is 0 Å². The molecular formula is C16H28N2O2S. The second-order valence-electron chi connectivity index (χ2n) is 5.20. The molecule has 0 aromatic heterocycles. The van der Waals surface area contributed by atoms with Crippen molar-refractivity contribution in [3.8, 4) is 0 Å². The van der Waals surface area contributed by atoms with Crippen molar-refractivity contribution in [2.75, 3.05) is 37.2 Å². The summed E-state index contributed by atoms with van der Waals surface area (Å²) in [5.74, 6) is 0.211. The number of nitrogens with one attached hydrogen (secondary N) is 1. The monoisotopic (exact) mass is 312 g/mol. The van der Waals surface area contributed by atoms with E-state index in [0.717, 1.165) is 38.3 Å². The summed E-state index contributed by atoms with van der Waals surface area (Å²) in [7, 11) is -3.11. The van der Waals surface area contributed by atoms with E-state index in [4.69, 9.17) is 0 Å². The second-order valence-corrected chi connectivity index (χ2v) is 7.31. The van der Waals surface area contributed by atoms with Gasteiger partial charge in [0.15, 0.2) is 9.84 Å². The third-order valence-electron chi connectivity index (χ3n) is 3.43. The Labute approximate surface area is 129 Å². The number of rotatable bonds is 10. The van der Waals surface area contributed by atoms with E-state index in [1.54, 1.807) is 12.1 Å². The van der Waals surface area contributed by atoms with Crippen molar-refractivity contribution in [2.45, 2.75) is 38.5 Å². The Morgan fingerprint density at radius 1 is 1.00 bits per heavy atom. The minimum absolute atomic E-state index is 0.211. The summed E-state index contributed by atoms with van der Waals surface area (Å²) in [4.78, 5) is 2.81. The molecule has 0 aliphatic heterocycles. The lowest BCUT2D eigenvalue weighted by atomic mass is 10.3. The summed E-state index contributed by atoms with van der Waals surface area (Å²) < 4.78 is 23.9. The van der Waals surface area contributed by atoms with E-state index in [1.807, 2.05) is 19.1 Å². The van der Waals surface area contributed by atoms with Crippen LogP contribution in [-0.4, -0.2) is 45.2 Å². The van der Waals surface area contributed by atoms with Crippen molar-refractivity contribution >= 4 is 15.5 Å². The molecule has 0 saturated carbocycles. The zero-order valence-electron chi connectivity index (χ0n) is 13.4. The van der Waals surface area contributed by atoms with Gasteiger partial charge in [-0.1, -0.05) is 20.8 Å². The van der Waals surface area contributed by atoms with Gasteiger partial charge in [-0.05, 0) is 50.2 Å². The molecule has 0 aliphatic carbocycles. The fourth-order valence-corrected chi connectivity index (χ4v) is 3.59. The van der Waals surface area contributed by atoms with Gasteiger partial charge in [0.2, 0.25) is 0 Å². The highest BCUT2D eigenvalue weighted by atomic mass is 32.2. The van der Waals surface area contributed by atoms with Crippen LogP contribution in [0.2, 0.25) is 0 Å². The molecule has 0 atom stereocenters. The molecule has 0 bridgehead atoms. The third-order valence-corrected chi connectivity index (χ3v) is 5.37. The van der Waals surface area contributed by atoms with Crippen LogP contribution >= 0.6 is 0 Å². The minimum Gasteiger partial charge on any atom is -0.384 e. The molecule has 4 nitrogen and oxygen atoms in total. The Hall–Kier alpha value is -1.07. The molecular weight excluding hydrogens is 284 g/mol. The van der Waals surface area contributed by atoms with Crippen LogP contribution in [0.15, 0.2) is 29.2 Å². The lowest BCUT2D eigenvalue weighted by Gasteiger charge is -2.19. The van der Waals surface area contributed by atoms with Crippen LogP contribution in [0.1, 0.15) is 33.6 Å². The number of anilines is 1. The molecule has 0 amide bonds. The Bertz CT molecular complexity index is 498. The van der Waals surface area contributed by atoms with Gasteiger partial charge < -0.3 is 10.2 Å². The lowest BCUT2D eigenvalue weighted by molar-refractivity contribution is 0.300. The van der Waals surface area contributed by atoms with Crippen LogP contribution in [0.3, 0.4) is 0 Å². The van der Waals surface area contributed by atoms with Crippen LogP contribution in [0.4, 0.5) is 5.69 Å². The van der Waals surface area contributed by atoms with E-state index in [1.165, 1.54) is 0 Å². The minimum atomic E-state index is -3.11. The summed E-state index contributed by atoms with van der Waals surface area (Å²) in [6.07, 6.45) is 1.81. The SMILES string of the molecule is CCCN(CC)CCNc1ccc(S(=O)(=O)CCC)cc1. The van der Waals surface area contributed by atoms with Crippen molar-refractivity contribution in [3.05, 3.63) is 24.3 Å². The predicted octanol–water partition coefficient (Wildman–Crippen LogP) is 3.01. The van der Waals surface area contributed by atoms with Crippen molar-refractivity contribution in [2.24, 2.45) is 0 Å². The average molecular weight is 312 g/mol. The summed E-state index contributed by atoms with van der Waals surface area (Å²) in [5, 5.41) is 3.34. The van der Waals surface area contributed by atoms with Crippen LogP contribution in [-0.2, 0) is 9.84 Å². The van der Waals surface area contributed by atoms with Gasteiger partial charge in [0.05, 0.1) is 10.6 Å². The Kier molecular flexibility index (Phi) is 7.75. The Balaban J connectivity index is 2.52. The largest absolute Gasteiger partial charge is 0.384 e. The highest BCUT2D eigenvalue weighted by molar-refractivity contribution is 7.91. The van der Waals surface area contributed by atoms with Gasteiger partial charge in [-0.15, -0.1) is 0 Å². The maximum atomic E-state index is 11.9. The van der Waals surface area contributed by atoms with Gasteiger partial charge in [0.25, 0.3) is 0 Å². The van der Waals surface area contributed by atoms with Gasteiger partial charge in [0, 0.05) is 18.8 Å². The Morgan fingerprint density at radius 2 is 1.67 bits per heavy atom. The number of sulfone groups is 1. The van der Waals surface area contributed by atoms with Gasteiger partial charge in [0.1, 0.15) is 0 Å². The molecule has 21 heavy (non-hydrogen) atoms. The van der Waals surface area contributed by atoms with E-state index in [-0.39, 0.29) is 5.75 Å². The molecule has 1 N–H and O–H groups in total. The quantitative estimate of drug-likeness (QED) is 0.721. The molecule has 0 radical (unpaired) electrons. The zero-order valence-corrected chi connectivity index (χ0v) is 14.2. The molecule has 0 saturated heterocycles. The van der Waals surface area contributed by atoms with Crippen molar-refractivity contribution in [1.29, 1.82) is 0 Å². The summed E-state index contributed by atoms with van der Waals surface area (Å²) in [6, 6.07) is 7.07. The molecule has 0 spiro atoms. The maximum Gasteiger partial charge on any atom is 0.178 e. The molecule has 0 heterocycles. The predicted molar refractivity (Wildman–Crippen MR) is 89.7 cm³/mol. The number of likely N-dealkylation sites (N-methyl/N-ethyl adjacent to an activating group) is 1. The number of hydrogen-bond acceptors (Lipinski definition) is 4. The first-order valence-corrected chi connectivity index (χ1v) is 9.47.